The van der Waals surface area contributed by atoms with Crippen molar-refractivity contribution in [2.24, 2.45) is 0 Å². The summed E-state index contributed by atoms with van der Waals surface area (Å²) in [5.41, 5.74) is 1.64. The molecule has 35 heavy (non-hydrogen) atoms. The molecule has 2 aliphatic heterocycles. The average molecular weight is 487 g/mol. The third kappa shape index (κ3) is 6.95. The highest BCUT2D eigenvalue weighted by atomic mass is 19.4. The fourth-order valence-electron chi connectivity index (χ4n) is 5.80. The fourth-order valence-corrected chi connectivity index (χ4v) is 5.80. The van der Waals surface area contributed by atoms with Gasteiger partial charge in [0.1, 0.15) is 0 Å². The Morgan fingerprint density at radius 2 is 1.66 bits per heavy atom. The second-order valence-corrected chi connectivity index (χ2v) is 10.2. The molecule has 2 aromatic carbocycles. The Morgan fingerprint density at radius 3 is 2.31 bits per heavy atom. The third-order valence-electron chi connectivity index (χ3n) is 7.54. The van der Waals surface area contributed by atoms with Gasteiger partial charge in [-0.05, 0) is 81.8 Å². The van der Waals surface area contributed by atoms with Gasteiger partial charge in [0.2, 0.25) is 0 Å². The first-order chi connectivity index (χ1) is 16.8. The number of rotatable bonds is 8. The predicted octanol–water partition coefficient (Wildman–Crippen LogP) is 6.60. The van der Waals surface area contributed by atoms with E-state index in [1.165, 1.54) is 44.5 Å². The van der Waals surface area contributed by atoms with E-state index in [9.17, 15) is 18.0 Å². The van der Waals surface area contributed by atoms with Crippen molar-refractivity contribution >= 4 is 5.78 Å². The van der Waals surface area contributed by atoms with E-state index in [0.29, 0.717) is 36.4 Å². The number of piperidine rings is 2. The monoisotopic (exact) mass is 486 g/mol. The molecule has 0 spiro atoms. The standard InChI is InChI=1S/C29H37F3N2O/c1-22-19-23(21-25(20-22)29(30,31)32)9-8-12-27(35)28(24-10-4-2-5-11-24)34-17-13-26(14-18-34)33-15-6-3-7-16-33/h2,4-5,10-11,19-21,26,28H,3,6-9,12-18H2,1H3. The predicted molar refractivity (Wildman–Crippen MR) is 133 cm³/mol. The van der Waals surface area contributed by atoms with Gasteiger partial charge < -0.3 is 4.90 Å². The number of carbonyl (C=O) groups excluding carboxylic acids is 1. The Balaban J connectivity index is 1.39. The number of aryl methyl sites for hydroxylation is 2. The van der Waals surface area contributed by atoms with Gasteiger partial charge in [-0.15, -0.1) is 0 Å². The molecule has 2 heterocycles. The highest BCUT2D eigenvalue weighted by molar-refractivity contribution is 5.85. The molecule has 2 saturated heterocycles. The first-order valence-electron chi connectivity index (χ1n) is 13.0. The minimum absolute atomic E-state index is 0.163. The van der Waals surface area contributed by atoms with Crippen LogP contribution in [0.1, 0.15) is 73.2 Å². The molecule has 0 radical (unpaired) electrons. The van der Waals surface area contributed by atoms with Crippen LogP contribution in [0.3, 0.4) is 0 Å². The van der Waals surface area contributed by atoms with Gasteiger partial charge in [-0.3, -0.25) is 9.69 Å². The summed E-state index contributed by atoms with van der Waals surface area (Å²) in [5, 5.41) is 0. The van der Waals surface area contributed by atoms with Gasteiger partial charge in [-0.25, -0.2) is 0 Å². The van der Waals surface area contributed by atoms with Crippen molar-refractivity contribution in [1.29, 1.82) is 0 Å². The summed E-state index contributed by atoms with van der Waals surface area (Å²) in [4.78, 5) is 18.4. The quantitative estimate of drug-likeness (QED) is 0.420. The Kier molecular flexibility index (Phi) is 8.66. The topological polar surface area (TPSA) is 23.6 Å². The first kappa shape index (κ1) is 25.9. The van der Waals surface area contributed by atoms with Gasteiger partial charge in [-0.1, -0.05) is 48.4 Å². The molecule has 0 bridgehead atoms. The average Bonchev–Trinajstić information content (AvgIpc) is 2.85. The maximum atomic E-state index is 13.5. The number of hydrogen-bond donors (Lipinski definition) is 0. The van der Waals surface area contributed by atoms with E-state index in [1.54, 1.807) is 13.0 Å². The minimum atomic E-state index is -4.35. The molecule has 6 heteroatoms. The molecule has 0 aromatic heterocycles. The zero-order valence-electron chi connectivity index (χ0n) is 20.7. The van der Waals surface area contributed by atoms with Crippen LogP contribution in [0, 0.1) is 6.92 Å². The summed E-state index contributed by atoms with van der Waals surface area (Å²) < 4.78 is 39.5. The summed E-state index contributed by atoms with van der Waals surface area (Å²) in [5.74, 6) is 0.163. The number of halogens is 3. The number of Topliss-reactive ketones (excluding diaryl/α,β-unsaturated/α-hetero) is 1. The number of alkyl halides is 3. The molecule has 1 atom stereocenters. The van der Waals surface area contributed by atoms with E-state index < -0.39 is 11.7 Å². The lowest BCUT2D eigenvalue weighted by atomic mass is 9.92. The molecule has 2 fully saturated rings. The van der Waals surface area contributed by atoms with Crippen molar-refractivity contribution in [1.82, 2.24) is 9.80 Å². The normalized spacial score (nSPS) is 19.5. The van der Waals surface area contributed by atoms with Gasteiger partial charge >= 0.3 is 6.18 Å². The van der Waals surface area contributed by atoms with Crippen molar-refractivity contribution in [3.05, 3.63) is 70.8 Å². The second kappa shape index (κ2) is 11.7. The van der Waals surface area contributed by atoms with Crippen LogP contribution >= 0.6 is 0 Å². The highest BCUT2D eigenvalue weighted by Crippen LogP contribution is 2.32. The molecule has 190 valence electrons. The summed E-state index contributed by atoms with van der Waals surface area (Å²) in [6, 6.07) is 14.5. The van der Waals surface area contributed by atoms with Crippen molar-refractivity contribution in [3.8, 4) is 0 Å². The van der Waals surface area contributed by atoms with Gasteiger partial charge in [0, 0.05) is 25.6 Å². The Labute approximate surface area is 207 Å². The molecular formula is C29H37F3N2O. The van der Waals surface area contributed by atoms with Crippen molar-refractivity contribution in [3.63, 3.8) is 0 Å². The van der Waals surface area contributed by atoms with Crippen LogP contribution in [-0.2, 0) is 17.4 Å². The number of ketones is 1. The lowest BCUT2D eigenvalue weighted by Gasteiger charge is -2.42. The highest BCUT2D eigenvalue weighted by Gasteiger charge is 2.33. The second-order valence-electron chi connectivity index (χ2n) is 10.2. The van der Waals surface area contributed by atoms with E-state index in [1.807, 2.05) is 30.3 Å². The van der Waals surface area contributed by atoms with E-state index in [-0.39, 0.29) is 11.8 Å². The van der Waals surface area contributed by atoms with E-state index >= 15 is 0 Å². The summed E-state index contributed by atoms with van der Waals surface area (Å²) >= 11 is 0. The van der Waals surface area contributed by atoms with Crippen LogP contribution in [0.15, 0.2) is 48.5 Å². The van der Waals surface area contributed by atoms with Crippen LogP contribution in [0.25, 0.3) is 0 Å². The largest absolute Gasteiger partial charge is 0.416 e. The molecular weight excluding hydrogens is 449 g/mol. The Hall–Kier alpha value is -2.18. The molecule has 0 aliphatic carbocycles. The van der Waals surface area contributed by atoms with Crippen LogP contribution < -0.4 is 0 Å². The molecule has 2 aromatic rings. The number of hydrogen-bond acceptors (Lipinski definition) is 3. The Bertz CT molecular complexity index is 962. The Morgan fingerprint density at radius 1 is 0.971 bits per heavy atom. The zero-order valence-corrected chi connectivity index (χ0v) is 20.7. The van der Waals surface area contributed by atoms with Crippen LogP contribution in [-0.4, -0.2) is 47.8 Å². The van der Waals surface area contributed by atoms with Gasteiger partial charge in [0.15, 0.2) is 5.78 Å². The van der Waals surface area contributed by atoms with Crippen LogP contribution in [0.4, 0.5) is 13.2 Å². The summed E-state index contributed by atoms with van der Waals surface area (Å²) in [6.45, 7) is 5.88. The minimum Gasteiger partial charge on any atom is -0.300 e. The smallest absolute Gasteiger partial charge is 0.300 e. The molecule has 0 amide bonds. The maximum absolute atomic E-state index is 13.5. The number of likely N-dealkylation sites (tertiary alicyclic amines) is 2. The molecule has 4 rings (SSSR count). The SMILES string of the molecule is Cc1cc(CCCC(=O)C(c2ccccc2)N2CCC(N3CCCCC3)CC2)cc(C(F)(F)F)c1. The van der Waals surface area contributed by atoms with E-state index in [0.717, 1.165) is 31.5 Å². The van der Waals surface area contributed by atoms with Gasteiger partial charge in [-0.2, -0.15) is 13.2 Å². The van der Waals surface area contributed by atoms with Crippen LogP contribution in [0.2, 0.25) is 0 Å². The first-order valence-corrected chi connectivity index (χ1v) is 13.0. The third-order valence-corrected chi connectivity index (χ3v) is 7.54. The van der Waals surface area contributed by atoms with Gasteiger partial charge in [0.25, 0.3) is 0 Å². The van der Waals surface area contributed by atoms with Crippen molar-refractivity contribution in [2.45, 2.75) is 76.6 Å². The van der Waals surface area contributed by atoms with E-state index in [4.69, 9.17) is 0 Å². The maximum Gasteiger partial charge on any atom is 0.416 e. The molecule has 0 saturated carbocycles. The molecule has 0 N–H and O–H groups in total. The number of carbonyl (C=O) groups is 1. The van der Waals surface area contributed by atoms with Crippen molar-refractivity contribution in [2.75, 3.05) is 26.2 Å². The van der Waals surface area contributed by atoms with E-state index in [2.05, 4.69) is 9.80 Å². The van der Waals surface area contributed by atoms with Gasteiger partial charge in [0.05, 0.1) is 11.6 Å². The number of benzene rings is 2. The van der Waals surface area contributed by atoms with Crippen molar-refractivity contribution < 1.29 is 18.0 Å². The lowest BCUT2D eigenvalue weighted by molar-refractivity contribution is -0.137. The molecule has 1 unspecified atom stereocenters. The molecule has 2 aliphatic rings. The molecule has 3 nitrogen and oxygen atoms in total. The summed E-state index contributed by atoms with van der Waals surface area (Å²) in [7, 11) is 0. The zero-order chi connectivity index (χ0) is 24.8. The number of nitrogens with zero attached hydrogens (tertiary/aromatic N) is 2. The van der Waals surface area contributed by atoms with Crippen LogP contribution in [0.5, 0.6) is 0 Å². The fraction of sp³-hybridized carbons (Fsp3) is 0.552. The summed E-state index contributed by atoms with van der Waals surface area (Å²) in [6.07, 6.45) is 3.10. The lowest BCUT2D eigenvalue weighted by Crippen LogP contribution is -2.48.